The minimum absolute atomic E-state index is 0.00860. The van der Waals surface area contributed by atoms with Gasteiger partial charge in [-0.1, -0.05) is 18.2 Å². The molecule has 8 heteroatoms. The summed E-state index contributed by atoms with van der Waals surface area (Å²) >= 11 is 0. The Hall–Kier alpha value is -3.26. The fourth-order valence-corrected chi connectivity index (χ4v) is 2.73. The lowest BCUT2D eigenvalue weighted by atomic mass is 9.87. The third kappa shape index (κ3) is 4.89. The van der Waals surface area contributed by atoms with Crippen molar-refractivity contribution >= 4 is 11.9 Å². The minimum Gasteiger partial charge on any atom is -0.507 e. The predicted octanol–water partition coefficient (Wildman–Crippen LogP) is 1.93. The van der Waals surface area contributed by atoms with Gasteiger partial charge in [0, 0.05) is 5.92 Å². The predicted molar refractivity (Wildman–Crippen MR) is 95.7 cm³/mol. The van der Waals surface area contributed by atoms with Crippen molar-refractivity contribution in [1.29, 1.82) is 0 Å². The average molecular weight is 375 g/mol. The second-order valence-electron chi connectivity index (χ2n) is 6.19. The SMILES string of the molecule is C[C@@H](CC(c1ccc(O)c(O)c1)C(N)C(=O)O)OC(=O)c1ccccc1O. The van der Waals surface area contributed by atoms with Gasteiger partial charge in [0.25, 0.3) is 0 Å². The number of carbonyl (C=O) groups excluding carboxylic acids is 1. The number of carbonyl (C=O) groups is 2. The van der Waals surface area contributed by atoms with Crippen molar-refractivity contribution in [3.8, 4) is 17.2 Å². The number of para-hydroxylation sites is 1. The van der Waals surface area contributed by atoms with Crippen LogP contribution in [0.5, 0.6) is 17.2 Å². The van der Waals surface area contributed by atoms with Gasteiger partial charge in [-0.15, -0.1) is 0 Å². The molecule has 0 saturated heterocycles. The van der Waals surface area contributed by atoms with Crippen molar-refractivity contribution < 1.29 is 34.8 Å². The highest BCUT2D eigenvalue weighted by Crippen LogP contribution is 2.32. The van der Waals surface area contributed by atoms with Gasteiger partial charge in [0.05, 0.1) is 0 Å². The molecule has 3 atom stereocenters. The number of carboxylic acids is 1. The van der Waals surface area contributed by atoms with Crippen LogP contribution in [0.4, 0.5) is 0 Å². The van der Waals surface area contributed by atoms with E-state index in [-0.39, 0.29) is 23.5 Å². The van der Waals surface area contributed by atoms with E-state index in [4.69, 9.17) is 10.5 Å². The molecule has 0 aromatic heterocycles. The summed E-state index contributed by atoms with van der Waals surface area (Å²) in [4.78, 5) is 23.6. The molecule has 0 bridgehead atoms. The Morgan fingerprint density at radius 2 is 1.70 bits per heavy atom. The monoisotopic (exact) mass is 375 g/mol. The number of esters is 1. The molecule has 2 unspecified atom stereocenters. The van der Waals surface area contributed by atoms with E-state index in [2.05, 4.69) is 0 Å². The molecule has 0 amide bonds. The van der Waals surface area contributed by atoms with E-state index in [0.717, 1.165) is 0 Å². The molecule has 0 saturated carbocycles. The lowest BCUT2D eigenvalue weighted by Crippen LogP contribution is -2.38. The summed E-state index contributed by atoms with van der Waals surface area (Å²) in [7, 11) is 0. The van der Waals surface area contributed by atoms with Crippen LogP contribution in [-0.4, -0.2) is 44.5 Å². The summed E-state index contributed by atoms with van der Waals surface area (Å²) in [6.45, 7) is 1.57. The minimum atomic E-state index is -1.32. The van der Waals surface area contributed by atoms with Crippen LogP contribution in [0.1, 0.15) is 35.2 Å². The van der Waals surface area contributed by atoms with Gasteiger partial charge in [-0.25, -0.2) is 4.79 Å². The van der Waals surface area contributed by atoms with Crippen molar-refractivity contribution in [2.45, 2.75) is 31.4 Å². The van der Waals surface area contributed by atoms with Crippen LogP contribution in [-0.2, 0) is 9.53 Å². The molecule has 0 aliphatic heterocycles. The van der Waals surface area contributed by atoms with Gasteiger partial charge in [-0.05, 0) is 43.2 Å². The van der Waals surface area contributed by atoms with Crippen LogP contribution in [0.25, 0.3) is 0 Å². The van der Waals surface area contributed by atoms with Gasteiger partial charge < -0.3 is 30.9 Å². The highest BCUT2D eigenvalue weighted by molar-refractivity contribution is 5.92. The molecule has 2 aromatic rings. The van der Waals surface area contributed by atoms with Crippen LogP contribution in [0, 0.1) is 0 Å². The van der Waals surface area contributed by atoms with Crippen LogP contribution < -0.4 is 5.73 Å². The number of aromatic hydroxyl groups is 3. The summed E-state index contributed by atoms with van der Waals surface area (Å²) in [6.07, 6.45) is -0.680. The molecule has 0 aliphatic rings. The molecule has 0 radical (unpaired) electrons. The van der Waals surface area contributed by atoms with E-state index in [1.165, 1.54) is 30.3 Å². The molecule has 6 N–H and O–H groups in total. The number of aliphatic carboxylic acids is 1. The molecule has 144 valence electrons. The van der Waals surface area contributed by atoms with E-state index in [0.29, 0.717) is 5.56 Å². The second kappa shape index (κ2) is 8.41. The number of benzene rings is 2. The molecule has 8 nitrogen and oxygen atoms in total. The standard InChI is InChI=1S/C19H21NO7/c1-10(27-19(26)12-4-2-3-5-14(12)21)8-13(17(20)18(24)25)11-6-7-15(22)16(23)9-11/h2-7,9-10,13,17,21-23H,8,20H2,1H3,(H,24,25)/t10-,13?,17?/m0/s1. The van der Waals surface area contributed by atoms with Crippen molar-refractivity contribution in [2.75, 3.05) is 0 Å². The lowest BCUT2D eigenvalue weighted by molar-refractivity contribution is -0.139. The number of carboxylic acid groups (broad SMARTS) is 1. The summed E-state index contributed by atoms with van der Waals surface area (Å²) in [5.41, 5.74) is 6.14. The third-order valence-electron chi connectivity index (χ3n) is 4.16. The van der Waals surface area contributed by atoms with E-state index in [1.807, 2.05) is 0 Å². The summed E-state index contributed by atoms with van der Waals surface area (Å²) in [6, 6.07) is 8.47. The quantitative estimate of drug-likeness (QED) is 0.364. The highest BCUT2D eigenvalue weighted by Gasteiger charge is 2.29. The maximum atomic E-state index is 12.2. The third-order valence-corrected chi connectivity index (χ3v) is 4.16. The van der Waals surface area contributed by atoms with Gasteiger partial charge in [0.15, 0.2) is 11.5 Å². The molecule has 27 heavy (non-hydrogen) atoms. The van der Waals surface area contributed by atoms with Gasteiger partial charge in [-0.2, -0.15) is 0 Å². The second-order valence-corrected chi connectivity index (χ2v) is 6.19. The van der Waals surface area contributed by atoms with Crippen molar-refractivity contribution in [1.82, 2.24) is 0 Å². The maximum Gasteiger partial charge on any atom is 0.342 e. The normalized spacial score (nSPS) is 14.1. The molecule has 2 aromatic carbocycles. The first-order valence-electron chi connectivity index (χ1n) is 8.20. The zero-order chi connectivity index (χ0) is 20.1. The number of phenols is 3. The Bertz CT molecular complexity index is 837. The number of nitrogens with two attached hydrogens (primary N) is 1. The van der Waals surface area contributed by atoms with Crippen LogP contribution in [0.3, 0.4) is 0 Å². The van der Waals surface area contributed by atoms with E-state index >= 15 is 0 Å². The molecule has 0 aliphatic carbocycles. The number of rotatable bonds is 7. The van der Waals surface area contributed by atoms with E-state index in [1.54, 1.807) is 19.1 Å². The molecular weight excluding hydrogens is 354 g/mol. The smallest absolute Gasteiger partial charge is 0.342 e. The van der Waals surface area contributed by atoms with Gasteiger partial charge >= 0.3 is 11.9 Å². The molecule has 0 fully saturated rings. The van der Waals surface area contributed by atoms with Gasteiger partial charge in [0.2, 0.25) is 0 Å². The first-order chi connectivity index (χ1) is 12.7. The van der Waals surface area contributed by atoms with Gasteiger partial charge in [0.1, 0.15) is 23.5 Å². The van der Waals surface area contributed by atoms with Crippen LogP contribution in [0.2, 0.25) is 0 Å². The average Bonchev–Trinajstić information content (AvgIpc) is 2.61. The first-order valence-corrected chi connectivity index (χ1v) is 8.20. The Kier molecular flexibility index (Phi) is 6.25. The molecule has 0 heterocycles. The highest BCUT2D eigenvalue weighted by atomic mass is 16.5. The summed E-state index contributed by atoms with van der Waals surface area (Å²) < 4.78 is 5.29. The first kappa shape index (κ1) is 20.1. The zero-order valence-corrected chi connectivity index (χ0v) is 14.6. The van der Waals surface area contributed by atoms with Crippen LogP contribution >= 0.6 is 0 Å². The molecule has 2 rings (SSSR count). The topological polar surface area (TPSA) is 150 Å². The largest absolute Gasteiger partial charge is 0.507 e. The van der Waals surface area contributed by atoms with E-state index in [9.17, 15) is 30.0 Å². The number of hydrogen-bond acceptors (Lipinski definition) is 7. The van der Waals surface area contributed by atoms with Crippen molar-refractivity contribution in [2.24, 2.45) is 5.73 Å². The Morgan fingerprint density at radius 1 is 1.04 bits per heavy atom. The Balaban J connectivity index is 2.19. The van der Waals surface area contributed by atoms with Crippen LogP contribution in [0.15, 0.2) is 42.5 Å². The zero-order valence-electron chi connectivity index (χ0n) is 14.6. The summed E-state index contributed by atoms with van der Waals surface area (Å²) in [5.74, 6) is -3.78. The Morgan fingerprint density at radius 3 is 2.30 bits per heavy atom. The number of phenolic OH excluding ortho intramolecular Hbond substituents is 3. The van der Waals surface area contributed by atoms with E-state index < -0.39 is 35.8 Å². The molecule has 0 spiro atoms. The number of ether oxygens (including phenoxy) is 1. The Labute approximate surface area is 155 Å². The fraction of sp³-hybridized carbons (Fsp3) is 0.263. The van der Waals surface area contributed by atoms with Crippen molar-refractivity contribution in [3.63, 3.8) is 0 Å². The fourth-order valence-electron chi connectivity index (χ4n) is 2.73. The van der Waals surface area contributed by atoms with Crippen molar-refractivity contribution in [3.05, 3.63) is 53.6 Å². The maximum absolute atomic E-state index is 12.2. The summed E-state index contributed by atoms with van der Waals surface area (Å²) in [5, 5.41) is 38.1. The number of hydrogen-bond donors (Lipinski definition) is 5. The van der Waals surface area contributed by atoms with Gasteiger partial charge in [-0.3, -0.25) is 4.79 Å². The molecular formula is C19H21NO7. The lowest BCUT2D eigenvalue weighted by Gasteiger charge is -2.25.